The van der Waals surface area contributed by atoms with Crippen LogP contribution in [0.3, 0.4) is 0 Å². The smallest absolute Gasteiger partial charge is 0.164 e. The predicted octanol–water partition coefficient (Wildman–Crippen LogP) is 8.66. The summed E-state index contributed by atoms with van der Waals surface area (Å²) in [4.78, 5) is 23.6. The highest BCUT2D eigenvalue weighted by atomic mass is 15.0. The van der Waals surface area contributed by atoms with Crippen molar-refractivity contribution in [3.05, 3.63) is 152 Å². The Morgan fingerprint density at radius 3 is 1.45 bits per heavy atom. The number of pyridine rings is 2. The lowest BCUT2D eigenvalue weighted by Gasteiger charge is -2.10. The van der Waals surface area contributed by atoms with Crippen LogP contribution in [0.5, 0.6) is 0 Å². The Bertz CT molecular complexity index is 1940. The molecule has 0 atom stereocenters. The van der Waals surface area contributed by atoms with E-state index in [0.717, 1.165) is 44.6 Å². The molecule has 198 valence electrons. The zero-order chi connectivity index (χ0) is 28.1. The Hall–Kier alpha value is -5.81. The van der Waals surface area contributed by atoms with E-state index in [9.17, 15) is 0 Å². The van der Waals surface area contributed by atoms with Crippen molar-refractivity contribution >= 4 is 0 Å². The molecule has 0 aliphatic rings. The van der Waals surface area contributed by atoms with E-state index < -0.39 is 0 Å². The molecule has 0 amide bonds. The van der Waals surface area contributed by atoms with Crippen molar-refractivity contribution in [1.29, 1.82) is 0 Å². The largest absolute Gasteiger partial charge is 0.265 e. The molecule has 0 radical (unpaired) electrons. The molecule has 0 N–H and O–H groups in total. The number of hydrogen-bond acceptors (Lipinski definition) is 5. The van der Waals surface area contributed by atoms with Crippen molar-refractivity contribution in [2.75, 3.05) is 0 Å². The summed E-state index contributed by atoms with van der Waals surface area (Å²) in [5, 5.41) is 0. The van der Waals surface area contributed by atoms with Crippen molar-refractivity contribution in [2.24, 2.45) is 0 Å². The second-order valence-corrected chi connectivity index (χ2v) is 9.86. The van der Waals surface area contributed by atoms with E-state index in [-0.39, 0.29) is 0 Å². The van der Waals surface area contributed by atoms with Crippen molar-refractivity contribution in [1.82, 2.24) is 24.9 Å². The van der Waals surface area contributed by atoms with Crippen LogP contribution in [-0.4, -0.2) is 24.9 Å². The first-order valence-electron chi connectivity index (χ1n) is 13.7. The van der Waals surface area contributed by atoms with Crippen LogP contribution in [0.4, 0.5) is 0 Å². The molecule has 3 heterocycles. The molecule has 3 aromatic heterocycles. The summed E-state index contributed by atoms with van der Waals surface area (Å²) in [6, 6.07) is 45.0. The molecule has 0 bridgehead atoms. The van der Waals surface area contributed by atoms with E-state index in [2.05, 4.69) is 59.6 Å². The maximum Gasteiger partial charge on any atom is 0.164 e. The molecular formula is C37H25N5. The van der Waals surface area contributed by atoms with Gasteiger partial charge in [-0.25, -0.2) is 15.0 Å². The molecule has 5 nitrogen and oxygen atoms in total. The first kappa shape index (κ1) is 25.2. The van der Waals surface area contributed by atoms with E-state index >= 15 is 0 Å². The average molecular weight is 540 g/mol. The zero-order valence-corrected chi connectivity index (χ0v) is 22.7. The predicted molar refractivity (Wildman–Crippen MR) is 168 cm³/mol. The molecule has 0 aliphatic carbocycles. The Morgan fingerprint density at radius 1 is 0.333 bits per heavy atom. The lowest BCUT2D eigenvalue weighted by atomic mass is 10.0. The van der Waals surface area contributed by atoms with Gasteiger partial charge in [-0.05, 0) is 41.0 Å². The highest BCUT2D eigenvalue weighted by Crippen LogP contribution is 2.29. The van der Waals surface area contributed by atoms with Crippen molar-refractivity contribution in [3.8, 4) is 67.7 Å². The summed E-state index contributed by atoms with van der Waals surface area (Å²) in [5.41, 5.74) is 9.08. The van der Waals surface area contributed by atoms with Gasteiger partial charge in [0.25, 0.3) is 0 Å². The lowest BCUT2D eigenvalue weighted by Crippen LogP contribution is -2.00. The van der Waals surface area contributed by atoms with Crippen molar-refractivity contribution in [2.45, 2.75) is 0 Å². The summed E-state index contributed by atoms with van der Waals surface area (Å²) in [7, 11) is 0. The van der Waals surface area contributed by atoms with Crippen LogP contribution >= 0.6 is 0 Å². The average Bonchev–Trinajstić information content (AvgIpc) is 3.09. The lowest BCUT2D eigenvalue weighted by molar-refractivity contribution is 1.07. The number of aromatic nitrogens is 5. The Kier molecular flexibility index (Phi) is 6.81. The van der Waals surface area contributed by atoms with Crippen LogP contribution in [0.25, 0.3) is 67.7 Å². The van der Waals surface area contributed by atoms with Gasteiger partial charge in [0.2, 0.25) is 0 Å². The summed E-state index contributed by atoms with van der Waals surface area (Å²) in [6.45, 7) is 0. The third-order valence-corrected chi connectivity index (χ3v) is 7.11. The van der Waals surface area contributed by atoms with Crippen LogP contribution in [0.2, 0.25) is 0 Å². The summed E-state index contributed by atoms with van der Waals surface area (Å²) in [5.74, 6) is 1.87. The molecule has 0 spiro atoms. The van der Waals surface area contributed by atoms with Gasteiger partial charge >= 0.3 is 0 Å². The number of nitrogens with zero attached hydrogens (tertiary/aromatic N) is 5. The molecular weight excluding hydrogens is 514 g/mol. The van der Waals surface area contributed by atoms with E-state index in [1.54, 1.807) is 12.4 Å². The molecule has 7 rings (SSSR count). The van der Waals surface area contributed by atoms with Gasteiger partial charge < -0.3 is 0 Å². The van der Waals surface area contributed by atoms with E-state index in [1.165, 1.54) is 5.56 Å². The highest BCUT2D eigenvalue weighted by molar-refractivity contribution is 5.73. The molecule has 0 fully saturated rings. The van der Waals surface area contributed by atoms with Crippen LogP contribution in [-0.2, 0) is 0 Å². The van der Waals surface area contributed by atoms with E-state index in [0.29, 0.717) is 17.5 Å². The first-order chi connectivity index (χ1) is 20.8. The third kappa shape index (κ3) is 5.31. The third-order valence-electron chi connectivity index (χ3n) is 7.11. The van der Waals surface area contributed by atoms with E-state index in [1.807, 2.05) is 85.1 Å². The molecule has 7 aromatic rings. The Balaban J connectivity index is 1.27. The SMILES string of the molecule is c1ccc(-c2ccc(-c3nc(-c4ccccc4)nc(-c4cccc(-c5ccc(-c6ccncc6)cn5)c4)n3)cc2)cc1. The second-order valence-electron chi connectivity index (χ2n) is 9.86. The van der Waals surface area contributed by atoms with Gasteiger partial charge in [0.15, 0.2) is 17.5 Å². The Labute approximate surface area is 244 Å². The maximum atomic E-state index is 4.94. The minimum Gasteiger partial charge on any atom is -0.265 e. The normalized spacial score (nSPS) is 10.9. The van der Waals surface area contributed by atoms with Gasteiger partial charge in [-0.1, -0.05) is 109 Å². The second kappa shape index (κ2) is 11.4. The Morgan fingerprint density at radius 2 is 0.810 bits per heavy atom. The standard InChI is InChI=1S/C37H25N5/c1-3-8-26(9-4-1)27-14-16-30(17-15-27)36-40-35(29-10-5-2-6-11-29)41-37(42-36)32-13-7-12-31(24-32)34-19-18-33(25-39-34)28-20-22-38-23-21-28/h1-25H. The van der Waals surface area contributed by atoms with E-state index in [4.69, 9.17) is 19.9 Å². The van der Waals surface area contributed by atoms with Crippen molar-refractivity contribution in [3.63, 3.8) is 0 Å². The summed E-state index contributed by atoms with van der Waals surface area (Å²) >= 11 is 0. The highest BCUT2D eigenvalue weighted by Gasteiger charge is 2.13. The summed E-state index contributed by atoms with van der Waals surface area (Å²) in [6.07, 6.45) is 5.47. The van der Waals surface area contributed by atoms with Crippen LogP contribution < -0.4 is 0 Å². The topological polar surface area (TPSA) is 64.5 Å². The zero-order valence-electron chi connectivity index (χ0n) is 22.7. The monoisotopic (exact) mass is 539 g/mol. The van der Waals surface area contributed by atoms with Gasteiger partial charge in [0.05, 0.1) is 5.69 Å². The number of benzene rings is 4. The molecule has 0 saturated heterocycles. The fraction of sp³-hybridized carbons (Fsp3) is 0. The first-order valence-corrected chi connectivity index (χ1v) is 13.7. The van der Waals surface area contributed by atoms with Gasteiger partial charge in [-0.2, -0.15) is 0 Å². The summed E-state index contributed by atoms with van der Waals surface area (Å²) < 4.78 is 0. The fourth-order valence-electron chi connectivity index (χ4n) is 4.89. The van der Waals surface area contributed by atoms with Crippen LogP contribution in [0, 0.1) is 0 Å². The van der Waals surface area contributed by atoms with Crippen LogP contribution in [0.1, 0.15) is 0 Å². The molecule has 4 aromatic carbocycles. The minimum absolute atomic E-state index is 0.612. The van der Waals surface area contributed by atoms with Crippen LogP contribution in [0.15, 0.2) is 152 Å². The maximum absolute atomic E-state index is 4.94. The van der Waals surface area contributed by atoms with Gasteiger partial charge in [-0.3, -0.25) is 9.97 Å². The molecule has 42 heavy (non-hydrogen) atoms. The quantitative estimate of drug-likeness (QED) is 0.212. The molecule has 0 saturated carbocycles. The minimum atomic E-state index is 0.612. The molecule has 5 heteroatoms. The van der Waals surface area contributed by atoms with Gasteiger partial charge in [0, 0.05) is 46.4 Å². The number of rotatable bonds is 6. The molecule has 0 aliphatic heterocycles. The fourth-order valence-corrected chi connectivity index (χ4v) is 4.89. The van der Waals surface area contributed by atoms with Gasteiger partial charge in [-0.15, -0.1) is 0 Å². The van der Waals surface area contributed by atoms with Crippen molar-refractivity contribution < 1.29 is 0 Å². The number of hydrogen-bond donors (Lipinski definition) is 0. The molecule has 0 unspecified atom stereocenters. The van der Waals surface area contributed by atoms with Gasteiger partial charge in [0.1, 0.15) is 0 Å².